The first kappa shape index (κ1) is 19.3. The van der Waals surface area contributed by atoms with Gasteiger partial charge in [0, 0.05) is 25.5 Å². The predicted octanol–water partition coefficient (Wildman–Crippen LogP) is 3.80. The van der Waals surface area contributed by atoms with Crippen molar-refractivity contribution in [2.75, 3.05) is 18.4 Å². The Bertz CT molecular complexity index is 955. The summed E-state index contributed by atoms with van der Waals surface area (Å²) in [6.07, 6.45) is 5.98. The Morgan fingerprint density at radius 3 is 2.66 bits per heavy atom. The molecule has 5 nitrogen and oxygen atoms in total. The van der Waals surface area contributed by atoms with Crippen molar-refractivity contribution in [3.8, 4) is 0 Å². The summed E-state index contributed by atoms with van der Waals surface area (Å²) in [4.78, 5) is 15.4. The van der Waals surface area contributed by atoms with E-state index in [1.165, 1.54) is 17.7 Å². The highest BCUT2D eigenvalue weighted by atomic mass is 19.1. The Kier molecular flexibility index (Phi) is 5.71. The minimum Gasteiger partial charge on any atom is -0.324 e. The molecule has 6 heteroatoms. The lowest BCUT2D eigenvalue weighted by atomic mass is 10.0. The van der Waals surface area contributed by atoms with Gasteiger partial charge >= 0.3 is 0 Å². The summed E-state index contributed by atoms with van der Waals surface area (Å²) in [6, 6.07) is 15.3. The first-order valence-electron chi connectivity index (χ1n) is 9.91. The summed E-state index contributed by atoms with van der Waals surface area (Å²) in [5, 5.41) is 7.21. The number of likely N-dealkylation sites (tertiary alicyclic amines) is 1. The van der Waals surface area contributed by atoms with Gasteiger partial charge in [-0.1, -0.05) is 30.3 Å². The number of nitrogens with one attached hydrogen (secondary N) is 1. The molecule has 1 N–H and O–H groups in total. The Labute approximate surface area is 170 Å². The number of nitrogens with zero attached hydrogens (tertiary/aromatic N) is 3. The van der Waals surface area contributed by atoms with Crippen LogP contribution < -0.4 is 5.32 Å². The maximum Gasteiger partial charge on any atom is 0.246 e. The molecule has 0 radical (unpaired) electrons. The zero-order valence-electron chi connectivity index (χ0n) is 16.5. The van der Waals surface area contributed by atoms with Gasteiger partial charge in [-0.15, -0.1) is 0 Å². The topological polar surface area (TPSA) is 50.2 Å². The number of aryl methyl sites for hydroxylation is 1. The second kappa shape index (κ2) is 8.57. The molecular formula is C23H25FN4O. The van der Waals surface area contributed by atoms with E-state index < -0.39 is 0 Å². The van der Waals surface area contributed by atoms with Crippen LogP contribution in [0.4, 0.5) is 10.1 Å². The lowest BCUT2D eigenvalue weighted by Gasteiger charge is -2.27. The number of rotatable bonds is 6. The lowest BCUT2D eigenvalue weighted by molar-refractivity contribution is -0.121. The van der Waals surface area contributed by atoms with Gasteiger partial charge in [-0.2, -0.15) is 5.10 Å². The van der Waals surface area contributed by atoms with Crippen LogP contribution in [0, 0.1) is 11.7 Å². The fraction of sp³-hybridized carbons (Fsp3) is 0.304. The van der Waals surface area contributed by atoms with Crippen molar-refractivity contribution in [3.05, 3.63) is 83.9 Å². The molecule has 2 aromatic carbocycles. The van der Waals surface area contributed by atoms with E-state index in [1.54, 1.807) is 12.1 Å². The smallest absolute Gasteiger partial charge is 0.246 e. The van der Waals surface area contributed by atoms with Crippen LogP contribution in [0.25, 0.3) is 0 Å². The molecule has 1 aliphatic rings. The first-order valence-corrected chi connectivity index (χ1v) is 9.91. The van der Waals surface area contributed by atoms with Crippen LogP contribution in [0.1, 0.15) is 23.6 Å². The number of carbonyl (C=O) groups is 1. The number of carbonyl (C=O) groups excluding carboxylic acids is 1. The first-order chi connectivity index (χ1) is 14.1. The van der Waals surface area contributed by atoms with Crippen molar-refractivity contribution >= 4 is 11.6 Å². The third-order valence-corrected chi connectivity index (χ3v) is 5.44. The molecule has 2 unspecified atom stereocenters. The second-order valence-electron chi connectivity index (χ2n) is 7.69. The van der Waals surface area contributed by atoms with Crippen molar-refractivity contribution in [1.82, 2.24) is 14.7 Å². The van der Waals surface area contributed by atoms with Gasteiger partial charge in [0.25, 0.3) is 0 Å². The van der Waals surface area contributed by atoms with E-state index in [2.05, 4.69) is 21.5 Å². The van der Waals surface area contributed by atoms with Gasteiger partial charge in [-0.3, -0.25) is 14.4 Å². The highest BCUT2D eigenvalue weighted by Gasteiger charge is 2.33. The number of anilines is 1. The fourth-order valence-electron chi connectivity index (χ4n) is 4.08. The highest BCUT2D eigenvalue weighted by Crippen LogP contribution is 2.30. The minimum absolute atomic E-state index is 0.0927. The average molecular weight is 392 g/mol. The average Bonchev–Trinajstić information content (AvgIpc) is 3.34. The molecule has 1 saturated heterocycles. The molecular weight excluding hydrogens is 367 g/mol. The molecule has 4 rings (SSSR count). The number of amides is 1. The van der Waals surface area contributed by atoms with E-state index in [-0.39, 0.29) is 17.8 Å². The molecule has 1 fully saturated rings. The monoisotopic (exact) mass is 392 g/mol. The normalized spacial score (nSPS) is 17.9. The standard InChI is InChI=1S/C23H25FN4O/c1-27-15-18(14-25-27)13-17-11-12-28(16-17)22(19-5-3-2-4-6-19)23(29)26-21-9-7-20(24)8-10-21/h2-10,14-15,17,22H,11-13,16H2,1H3,(H,26,29). The van der Waals surface area contributed by atoms with Crippen LogP contribution in [0.3, 0.4) is 0 Å². The molecule has 0 spiro atoms. The minimum atomic E-state index is -0.375. The van der Waals surface area contributed by atoms with Gasteiger partial charge in [0.1, 0.15) is 11.9 Å². The summed E-state index contributed by atoms with van der Waals surface area (Å²) in [7, 11) is 1.93. The quantitative estimate of drug-likeness (QED) is 0.694. The molecule has 0 aliphatic carbocycles. The largest absolute Gasteiger partial charge is 0.324 e. The Morgan fingerprint density at radius 1 is 1.21 bits per heavy atom. The SMILES string of the molecule is Cn1cc(CC2CCN(C(C(=O)Nc3ccc(F)cc3)c3ccccc3)C2)cn1. The van der Waals surface area contributed by atoms with Gasteiger partial charge in [-0.05, 0) is 60.7 Å². The number of hydrogen-bond acceptors (Lipinski definition) is 3. The van der Waals surface area contributed by atoms with Crippen LogP contribution in [0.15, 0.2) is 67.0 Å². The third-order valence-electron chi connectivity index (χ3n) is 5.44. The van der Waals surface area contributed by atoms with E-state index in [1.807, 2.05) is 48.3 Å². The van der Waals surface area contributed by atoms with Gasteiger partial charge in [0.2, 0.25) is 5.91 Å². The number of aromatic nitrogens is 2. The summed E-state index contributed by atoms with van der Waals surface area (Å²) in [5.74, 6) is 0.0780. The molecule has 0 saturated carbocycles. The summed E-state index contributed by atoms with van der Waals surface area (Å²) in [5.41, 5.74) is 2.80. The van der Waals surface area contributed by atoms with Crippen LogP contribution in [-0.2, 0) is 18.3 Å². The van der Waals surface area contributed by atoms with Crippen molar-refractivity contribution in [1.29, 1.82) is 0 Å². The van der Waals surface area contributed by atoms with E-state index >= 15 is 0 Å². The molecule has 3 aromatic rings. The summed E-state index contributed by atoms with van der Waals surface area (Å²) >= 11 is 0. The second-order valence-corrected chi connectivity index (χ2v) is 7.69. The maximum atomic E-state index is 13.2. The molecule has 1 amide bonds. The molecule has 150 valence electrons. The number of halogens is 1. The van der Waals surface area contributed by atoms with Crippen LogP contribution in [-0.4, -0.2) is 33.7 Å². The highest BCUT2D eigenvalue weighted by molar-refractivity contribution is 5.95. The zero-order chi connectivity index (χ0) is 20.2. The fourth-order valence-corrected chi connectivity index (χ4v) is 4.08. The van der Waals surface area contributed by atoms with Gasteiger partial charge < -0.3 is 5.32 Å². The van der Waals surface area contributed by atoms with Crippen LogP contribution in [0.2, 0.25) is 0 Å². The van der Waals surface area contributed by atoms with Crippen molar-refractivity contribution in [2.45, 2.75) is 18.9 Å². The molecule has 2 heterocycles. The van der Waals surface area contributed by atoms with Crippen molar-refractivity contribution in [2.24, 2.45) is 13.0 Å². The predicted molar refractivity (Wildman–Crippen MR) is 111 cm³/mol. The van der Waals surface area contributed by atoms with Crippen LogP contribution in [0.5, 0.6) is 0 Å². The number of benzene rings is 2. The molecule has 1 aromatic heterocycles. The Balaban J connectivity index is 1.50. The Hall–Kier alpha value is -2.99. The maximum absolute atomic E-state index is 13.2. The molecule has 2 atom stereocenters. The van der Waals surface area contributed by atoms with Gasteiger partial charge in [-0.25, -0.2) is 4.39 Å². The van der Waals surface area contributed by atoms with E-state index in [9.17, 15) is 9.18 Å². The van der Waals surface area contributed by atoms with Crippen molar-refractivity contribution in [3.63, 3.8) is 0 Å². The summed E-state index contributed by atoms with van der Waals surface area (Å²) in [6.45, 7) is 1.71. The Morgan fingerprint density at radius 2 is 1.97 bits per heavy atom. The zero-order valence-corrected chi connectivity index (χ0v) is 16.5. The van der Waals surface area contributed by atoms with E-state index in [4.69, 9.17) is 0 Å². The van der Waals surface area contributed by atoms with Crippen LogP contribution >= 0.6 is 0 Å². The molecule has 29 heavy (non-hydrogen) atoms. The van der Waals surface area contributed by atoms with E-state index in [0.717, 1.165) is 31.5 Å². The molecule has 1 aliphatic heterocycles. The van der Waals surface area contributed by atoms with Gasteiger partial charge in [0.05, 0.1) is 6.20 Å². The van der Waals surface area contributed by atoms with E-state index in [0.29, 0.717) is 11.6 Å². The third kappa shape index (κ3) is 4.71. The van der Waals surface area contributed by atoms with Gasteiger partial charge in [0.15, 0.2) is 0 Å². The number of hydrogen-bond donors (Lipinski definition) is 1. The summed E-state index contributed by atoms with van der Waals surface area (Å²) < 4.78 is 15.0. The lowest BCUT2D eigenvalue weighted by Crippen LogP contribution is -2.36. The molecule has 0 bridgehead atoms. The van der Waals surface area contributed by atoms with Crippen molar-refractivity contribution < 1.29 is 9.18 Å².